The topological polar surface area (TPSA) is 88.3 Å². The normalized spacial score (nSPS) is 11.3. The number of methoxy groups -OCH3 is 2. The fourth-order valence-corrected chi connectivity index (χ4v) is 4.26. The van der Waals surface area contributed by atoms with Crippen molar-refractivity contribution in [1.29, 1.82) is 0 Å². The summed E-state index contributed by atoms with van der Waals surface area (Å²) in [7, 11) is 3.13. The molecule has 0 bridgehead atoms. The number of amides is 2. The van der Waals surface area contributed by atoms with Crippen molar-refractivity contribution in [3.63, 3.8) is 0 Å². The van der Waals surface area contributed by atoms with Crippen LogP contribution in [0.4, 0.5) is 33.7 Å². The highest BCUT2D eigenvalue weighted by Crippen LogP contribution is 2.36. The average Bonchev–Trinajstić information content (AvgIpc) is 3.36. The van der Waals surface area contributed by atoms with E-state index in [0.717, 1.165) is 33.7 Å². The Morgan fingerprint density at radius 1 is 0.875 bits per heavy atom. The third-order valence-electron chi connectivity index (χ3n) is 6.22. The van der Waals surface area contributed by atoms with Crippen molar-refractivity contribution in [2.24, 2.45) is 0 Å². The minimum atomic E-state index is -4.69. The molecule has 3 aromatic carbocycles. The molecule has 0 aliphatic carbocycles. The van der Waals surface area contributed by atoms with Crippen molar-refractivity contribution in [2.45, 2.75) is 6.18 Å². The number of anilines is 2. The van der Waals surface area contributed by atoms with Gasteiger partial charge in [-0.1, -0.05) is 18.2 Å². The molecule has 0 saturated carbocycles. The van der Waals surface area contributed by atoms with Gasteiger partial charge in [-0.2, -0.15) is 13.2 Å². The van der Waals surface area contributed by atoms with Gasteiger partial charge in [0, 0.05) is 34.6 Å². The van der Waals surface area contributed by atoms with Gasteiger partial charge in [-0.25, -0.2) is 14.2 Å². The predicted octanol–water partition coefficient (Wildman–Crippen LogP) is 7.72. The number of rotatable bonds is 6. The summed E-state index contributed by atoms with van der Waals surface area (Å²) in [4.78, 5) is 20.2. The standard InChI is InChI=1S/C29H22F4N4O3/c1-39-25-9-6-16(12-26(25)40-2)18-11-21-22(15-35-27(21)34-14-18)17-4-3-5-20(10-17)36-28(38)37-24-8-7-19(13-23(24)30)29(31,32)33/h3-15H,1-2H3,(H,34,35)(H2,36,37,38). The molecule has 2 aromatic heterocycles. The van der Waals surface area contributed by atoms with Crippen LogP contribution in [0.1, 0.15) is 5.56 Å². The van der Waals surface area contributed by atoms with E-state index in [4.69, 9.17) is 9.47 Å². The highest BCUT2D eigenvalue weighted by Gasteiger charge is 2.31. The van der Waals surface area contributed by atoms with Crippen molar-refractivity contribution in [3.8, 4) is 33.8 Å². The van der Waals surface area contributed by atoms with Crippen LogP contribution >= 0.6 is 0 Å². The van der Waals surface area contributed by atoms with Crippen LogP contribution in [0.3, 0.4) is 0 Å². The fourth-order valence-electron chi connectivity index (χ4n) is 4.26. The van der Waals surface area contributed by atoms with E-state index in [0.29, 0.717) is 35.0 Å². The van der Waals surface area contributed by atoms with Gasteiger partial charge < -0.3 is 25.1 Å². The smallest absolute Gasteiger partial charge is 0.416 e. The molecular formula is C29H22F4N4O3. The third kappa shape index (κ3) is 5.39. The number of nitrogens with zero attached hydrogens (tertiary/aromatic N) is 1. The van der Waals surface area contributed by atoms with Gasteiger partial charge in [-0.15, -0.1) is 0 Å². The summed E-state index contributed by atoms with van der Waals surface area (Å²) in [5, 5.41) is 5.65. The largest absolute Gasteiger partial charge is 0.493 e. The lowest BCUT2D eigenvalue weighted by molar-refractivity contribution is -0.137. The van der Waals surface area contributed by atoms with Crippen molar-refractivity contribution in [3.05, 3.63) is 90.5 Å². The van der Waals surface area contributed by atoms with Gasteiger partial charge in [0.05, 0.1) is 25.5 Å². The Kier molecular flexibility index (Phi) is 7.03. The maximum absolute atomic E-state index is 14.1. The number of urea groups is 1. The number of aromatic nitrogens is 2. The Labute approximate surface area is 225 Å². The molecule has 2 heterocycles. The Bertz CT molecular complexity index is 1720. The average molecular weight is 551 g/mol. The van der Waals surface area contributed by atoms with E-state index < -0.39 is 23.6 Å². The lowest BCUT2D eigenvalue weighted by atomic mass is 10.0. The number of hydrogen-bond donors (Lipinski definition) is 3. The number of aromatic amines is 1. The number of halogens is 4. The van der Waals surface area contributed by atoms with E-state index >= 15 is 0 Å². The maximum Gasteiger partial charge on any atom is 0.416 e. The summed E-state index contributed by atoms with van der Waals surface area (Å²) in [5.41, 5.74) is 2.83. The molecule has 40 heavy (non-hydrogen) atoms. The van der Waals surface area contributed by atoms with E-state index in [2.05, 4.69) is 20.6 Å². The number of nitrogens with one attached hydrogen (secondary N) is 3. The number of carbonyl (C=O) groups is 1. The fraction of sp³-hybridized carbons (Fsp3) is 0.103. The monoisotopic (exact) mass is 550 g/mol. The summed E-state index contributed by atoms with van der Waals surface area (Å²) in [6.07, 6.45) is -1.15. The number of alkyl halides is 3. The minimum absolute atomic E-state index is 0.331. The van der Waals surface area contributed by atoms with Crippen LogP contribution in [0.25, 0.3) is 33.3 Å². The lowest BCUT2D eigenvalue weighted by Gasteiger charge is -2.12. The van der Waals surface area contributed by atoms with Crippen LogP contribution < -0.4 is 20.1 Å². The molecule has 204 valence electrons. The Morgan fingerprint density at radius 3 is 2.40 bits per heavy atom. The molecule has 0 atom stereocenters. The Balaban J connectivity index is 1.38. The Morgan fingerprint density at radius 2 is 1.68 bits per heavy atom. The van der Waals surface area contributed by atoms with Crippen LogP contribution in [0.5, 0.6) is 11.5 Å². The highest BCUT2D eigenvalue weighted by molar-refractivity contribution is 6.01. The molecule has 0 fully saturated rings. The van der Waals surface area contributed by atoms with Crippen molar-refractivity contribution >= 4 is 28.4 Å². The molecule has 7 nitrogen and oxygen atoms in total. The van der Waals surface area contributed by atoms with Crippen molar-refractivity contribution in [1.82, 2.24) is 9.97 Å². The highest BCUT2D eigenvalue weighted by atomic mass is 19.4. The number of H-pyrrole nitrogens is 1. The summed E-state index contributed by atoms with van der Waals surface area (Å²) < 4.78 is 63.2. The molecule has 0 aliphatic heterocycles. The van der Waals surface area contributed by atoms with E-state index in [1.54, 1.807) is 44.8 Å². The molecule has 0 radical (unpaired) electrons. The van der Waals surface area contributed by atoms with Crippen molar-refractivity contribution < 1.29 is 31.8 Å². The molecule has 3 N–H and O–H groups in total. The molecule has 0 spiro atoms. The van der Waals surface area contributed by atoms with Crippen LogP contribution in [0.15, 0.2) is 79.1 Å². The van der Waals surface area contributed by atoms with E-state index in [-0.39, 0.29) is 5.69 Å². The van der Waals surface area contributed by atoms with E-state index in [9.17, 15) is 22.4 Å². The zero-order chi connectivity index (χ0) is 28.4. The van der Waals surface area contributed by atoms with Gasteiger partial charge in [-0.05, 0) is 59.7 Å². The van der Waals surface area contributed by atoms with Crippen LogP contribution in [0, 0.1) is 5.82 Å². The quantitative estimate of drug-likeness (QED) is 0.189. The summed E-state index contributed by atoms with van der Waals surface area (Å²) >= 11 is 0. The molecular weight excluding hydrogens is 528 g/mol. The third-order valence-corrected chi connectivity index (χ3v) is 6.22. The van der Waals surface area contributed by atoms with Crippen LogP contribution in [0.2, 0.25) is 0 Å². The number of pyridine rings is 1. The first kappa shape index (κ1) is 26.5. The van der Waals surface area contributed by atoms with Crippen molar-refractivity contribution in [2.75, 3.05) is 24.9 Å². The molecule has 5 rings (SSSR count). The second-order valence-corrected chi connectivity index (χ2v) is 8.74. The summed E-state index contributed by atoms with van der Waals surface area (Å²) in [6.45, 7) is 0. The zero-order valence-corrected chi connectivity index (χ0v) is 21.2. The molecule has 2 amide bonds. The SMILES string of the molecule is COc1ccc(-c2cnc3[nH]cc(-c4cccc(NC(=O)Nc5ccc(C(F)(F)F)cc5F)c4)c3c2)cc1OC. The van der Waals surface area contributed by atoms with Crippen LogP contribution in [-0.4, -0.2) is 30.2 Å². The second kappa shape index (κ2) is 10.6. The first-order valence-electron chi connectivity index (χ1n) is 11.9. The van der Waals surface area contributed by atoms with Gasteiger partial charge in [0.1, 0.15) is 11.5 Å². The molecule has 0 unspecified atom stereocenters. The number of hydrogen-bond acceptors (Lipinski definition) is 4. The van der Waals surface area contributed by atoms with Gasteiger partial charge in [-0.3, -0.25) is 0 Å². The summed E-state index contributed by atoms with van der Waals surface area (Å²) in [6, 6.07) is 15.6. The Hall–Kier alpha value is -5.06. The number of carbonyl (C=O) groups excluding carboxylic acids is 1. The first-order valence-corrected chi connectivity index (χ1v) is 11.9. The molecule has 11 heteroatoms. The molecule has 5 aromatic rings. The van der Waals surface area contributed by atoms with Gasteiger partial charge >= 0.3 is 12.2 Å². The molecule has 0 saturated heterocycles. The minimum Gasteiger partial charge on any atom is -0.493 e. The predicted molar refractivity (Wildman–Crippen MR) is 144 cm³/mol. The molecule has 0 aliphatic rings. The van der Waals surface area contributed by atoms with E-state index in [1.165, 1.54) is 0 Å². The van der Waals surface area contributed by atoms with Gasteiger partial charge in [0.25, 0.3) is 0 Å². The second-order valence-electron chi connectivity index (χ2n) is 8.74. The first-order chi connectivity index (χ1) is 19.2. The lowest BCUT2D eigenvalue weighted by Crippen LogP contribution is -2.20. The van der Waals surface area contributed by atoms with E-state index in [1.807, 2.05) is 30.3 Å². The number of benzene rings is 3. The zero-order valence-electron chi connectivity index (χ0n) is 21.2. The number of ether oxygens (including phenoxy) is 2. The van der Waals surface area contributed by atoms with Crippen LogP contribution in [-0.2, 0) is 6.18 Å². The number of fused-ring (bicyclic) bond motifs is 1. The maximum atomic E-state index is 14.1. The van der Waals surface area contributed by atoms with Gasteiger partial charge in [0.2, 0.25) is 0 Å². The summed E-state index contributed by atoms with van der Waals surface area (Å²) in [5.74, 6) is -0.00467. The van der Waals surface area contributed by atoms with Gasteiger partial charge in [0.15, 0.2) is 11.5 Å².